The molecule has 1 aromatic rings. The SMILES string of the molecule is Cc1ccc(F)cc1CNC1CCCCC1CO. The molecule has 0 aromatic heterocycles. The van der Waals surface area contributed by atoms with E-state index in [1.54, 1.807) is 6.07 Å². The number of rotatable bonds is 4. The van der Waals surface area contributed by atoms with E-state index < -0.39 is 0 Å². The van der Waals surface area contributed by atoms with Gasteiger partial charge in [-0.05, 0) is 48.9 Å². The molecule has 1 aliphatic rings. The molecule has 2 nitrogen and oxygen atoms in total. The molecule has 100 valence electrons. The summed E-state index contributed by atoms with van der Waals surface area (Å²) in [6, 6.07) is 5.28. The average molecular weight is 251 g/mol. The third-order valence-electron chi connectivity index (χ3n) is 4.01. The fraction of sp³-hybridized carbons (Fsp3) is 0.600. The second-order valence-electron chi connectivity index (χ2n) is 5.29. The zero-order chi connectivity index (χ0) is 13.0. The maximum absolute atomic E-state index is 13.2. The Bertz CT molecular complexity index is 394. The minimum absolute atomic E-state index is 0.181. The monoisotopic (exact) mass is 251 g/mol. The predicted molar refractivity (Wildman–Crippen MR) is 70.8 cm³/mol. The maximum atomic E-state index is 13.2. The highest BCUT2D eigenvalue weighted by Crippen LogP contribution is 2.24. The van der Waals surface area contributed by atoms with Crippen LogP contribution in [0.4, 0.5) is 4.39 Å². The first-order chi connectivity index (χ1) is 8.70. The van der Waals surface area contributed by atoms with Gasteiger partial charge in [0.25, 0.3) is 0 Å². The third-order valence-corrected chi connectivity index (χ3v) is 4.01. The molecular weight excluding hydrogens is 229 g/mol. The van der Waals surface area contributed by atoms with Crippen molar-refractivity contribution in [2.75, 3.05) is 6.61 Å². The topological polar surface area (TPSA) is 32.3 Å². The van der Waals surface area contributed by atoms with Crippen LogP contribution < -0.4 is 5.32 Å². The molecule has 1 fully saturated rings. The lowest BCUT2D eigenvalue weighted by Gasteiger charge is -2.31. The lowest BCUT2D eigenvalue weighted by atomic mass is 9.85. The van der Waals surface area contributed by atoms with Gasteiger partial charge in [0, 0.05) is 19.2 Å². The first-order valence-electron chi connectivity index (χ1n) is 6.80. The number of nitrogens with one attached hydrogen (secondary N) is 1. The molecule has 2 atom stereocenters. The largest absolute Gasteiger partial charge is 0.396 e. The fourth-order valence-corrected chi connectivity index (χ4v) is 2.77. The van der Waals surface area contributed by atoms with Gasteiger partial charge in [0.05, 0.1) is 0 Å². The van der Waals surface area contributed by atoms with Crippen molar-refractivity contribution in [3.63, 3.8) is 0 Å². The van der Waals surface area contributed by atoms with Gasteiger partial charge in [0.15, 0.2) is 0 Å². The first-order valence-corrected chi connectivity index (χ1v) is 6.80. The van der Waals surface area contributed by atoms with Crippen LogP contribution >= 0.6 is 0 Å². The molecule has 0 aliphatic heterocycles. The molecule has 0 radical (unpaired) electrons. The van der Waals surface area contributed by atoms with Crippen molar-refractivity contribution in [1.29, 1.82) is 0 Å². The van der Waals surface area contributed by atoms with Gasteiger partial charge < -0.3 is 10.4 Å². The third kappa shape index (κ3) is 3.30. The highest BCUT2D eigenvalue weighted by atomic mass is 19.1. The highest BCUT2D eigenvalue weighted by Gasteiger charge is 2.23. The second kappa shape index (κ2) is 6.30. The molecule has 1 saturated carbocycles. The molecule has 0 heterocycles. The van der Waals surface area contributed by atoms with Gasteiger partial charge in [-0.1, -0.05) is 18.9 Å². The number of hydrogen-bond donors (Lipinski definition) is 2. The lowest BCUT2D eigenvalue weighted by molar-refractivity contribution is 0.152. The Balaban J connectivity index is 1.95. The van der Waals surface area contributed by atoms with Gasteiger partial charge >= 0.3 is 0 Å². The molecule has 2 N–H and O–H groups in total. The number of hydrogen-bond acceptors (Lipinski definition) is 2. The molecule has 3 heteroatoms. The molecule has 0 amide bonds. The van der Waals surface area contributed by atoms with Crippen LogP contribution in [-0.4, -0.2) is 17.8 Å². The van der Waals surface area contributed by atoms with Crippen molar-refractivity contribution >= 4 is 0 Å². The fourth-order valence-electron chi connectivity index (χ4n) is 2.77. The first kappa shape index (κ1) is 13.5. The lowest BCUT2D eigenvalue weighted by Crippen LogP contribution is -2.39. The van der Waals surface area contributed by atoms with Crippen LogP contribution in [0.2, 0.25) is 0 Å². The number of benzene rings is 1. The molecule has 1 aromatic carbocycles. The van der Waals surface area contributed by atoms with Crippen LogP contribution in [0.1, 0.15) is 36.8 Å². The van der Waals surface area contributed by atoms with E-state index in [-0.39, 0.29) is 12.4 Å². The van der Waals surface area contributed by atoms with Crippen molar-refractivity contribution in [2.24, 2.45) is 5.92 Å². The Morgan fingerprint density at radius 3 is 2.89 bits per heavy atom. The van der Waals surface area contributed by atoms with Crippen LogP contribution in [0.15, 0.2) is 18.2 Å². The quantitative estimate of drug-likeness (QED) is 0.862. The van der Waals surface area contributed by atoms with Crippen LogP contribution in [0.3, 0.4) is 0 Å². The van der Waals surface area contributed by atoms with Crippen LogP contribution in [0, 0.1) is 18.7 Å². The van der Waals surface area contributed by atoms with E-state index in [9.17, 15) is 9.50 Å². The molecule has 2 unspecified atom stereocenters. The smallest absolute Gasteiger partial charge is 0.123 e. The van der Waals surface area contributed by atoms with Crippen molar-refractivity contribution < 1.29 is 9.50 Å². The van der Waals surface area contributed by atoms with E-state index in [1.807, 2.05) is 13.0 Å². The molecule has 2 rings (SSSR count). The van der Waals surface area contributed by atoms with Crippen LogP contribution in [-0.2, 0) is 6.54 Å². The summed E-state index contributed by atoms with van der Waals surface area (Å²) in [6.07, 6.45) is 4.63. The van der Waals surface area contributed by atoms with Crippen LogP contribution in [0.5, 0.6) is 0 Å². The minimum atomic E-state index is -0.181. The Hall–Kier alpha value is -0.930. The van der Waals surface area contributed by atoms with E-state index in [1.165, 1.54) is 18.9 Å². The highest BCUT2D eigenvalue weighted by molar-refractivity contribution is 5.26. The summed E-state index contributed by atoms with van der Waals surface area (Å²) in [5.74, 6) is 0.173. The van der Waals surface area contributed by atoms with Crippen molar-refractivity contribution in [1.82, 2.24) is 5.32 Å². The summed E-state index contributed by atoms with van der Waals surface area (Å²) in [5.41, 5.74) is 2.12. The van der Waals surface area contributed by atoms with Gasteiger partial charge in [-0.3, -0.25) is 0 Å². The zero-order valence-electron chi connectivity index (χ0n) is 11.0. The van der Waals surface area contributed by atoms with Gasteiger partial charge in [-0.15, -0.1) is 0 Å². The average Bonchev–Trinajstić information content (AvgIpc) is 2.40. The van der Waals surface area contributed by atoms with E-state index >= 15 is 0 Å². The molecular formula is C15H22FNO. The number of aryl methyl sites for hydroxylation is 1. The number of aliphatic hydroxyl groups is 1. The van der Waals surface area contributed by atoms with E-state index in [0.717, 1.165) is 24.0 Å². The van der Waals surface area contributed by atoms with Crippen LogP contribution in [0.25, 0.3) is 0 Å². The van der Waals surface area contributed by atoms with E-state index in [0.29, 0.717) is 18.5 Å². The van der Waals surface area contributed by atoms with E-state index in [2.05, 4.69) is 5.32 Å². The van der Waals surface area contributed by atoms with E-state index in [4.69, 9.17) is 0 Å². The summed E-state index contributed by atoms with van der Waals surface area (Å²) in [7, 11) is 0. The minimum Gasteiger partial charge on any atom is -0.396 e. The number of aliphatic hydroxyl groups excluding tert-OH is 1. The van der Waals surface area contributed by atoms with Gasteiger partial charge in [0.2, 0.25) is 0 Å². The Kier molecular flexibility index (Phi) is 4.72. The molecule has 0 saturated heterocycles. The predicted octanol–water partition coefficient (Wildman–Crippen LogP) is 2.77. The second-order valence-corrected chi connectivity index (χ2v) is 5.29. The van der Waals surface area contributed by atoms with Crippen molar-refractivity contribution in [3.05, 3.63) is 35.1 Å². The molecule has 0 bridgehead atoms. The summed E-state index contributed by atoms with van der Waals surface area (Å²) >= 11 is 0. The Morgan fingerprint density at radius 2 is 2.11 bits per heavy atom. The van der Waals surface area contributed by atoms with Crippen molar-refractivity contribution in [2.45, 2.75) is 45.2 Å². The summed E-state index contributed by atoms with van der Waals surface area (Å²) in [4.78, 5) is 0. The Morgan fingerprint density at radius 1 is 1.33 bits per heavy atom. The maximum Gasteiger partial charge on any atom is 0.123 e. The molecule has 1 aliphatic carbocycles. The number of halogens is 1. The van der Waals surface area contributed by atoms with Crippen molar-refractivity contribution in [3.8, 4) is 0 Å². The van der Waals surface area contributed by atoms with Gasteiger partial charge in [-0.25, -0.2) is 4.39 Å². The summed E-state index contributed by atoms with van der Waals surface area (Å²) in [6.45, 7) is 2.94. The van der Waals surface area contributed by atoms with Gasteiger partial charge in [-0.2, -0.15) is 0 Å². The normalized spacial score (nSPS) is 24.2. The Labute approximate surface area is 108 Å². The zero-order valence-corrected chi connectivity index (χ0v) is 11.0. The van der Waals surface area contributed by atoms with Gasteiger partial charge in [0.1, 0.15) is 5.82 Å². The molecule has 18 heavy (non-hydrogen) atoms. The summed E-state index contributed by atoms with van der Waals surface area (Å²) in [5, 5.41) is 12.8. The standard InChI is InChI=1S/C15H22FNO/c1-11-6-7-14(16)8-13(11)9-17-15-5-3-2-4-12(15)10-18/h6-8,12,15,17-18H,2-5,9-10H2,1H3. The summed E-state index contributed by atoms with van der Waals surface area (Å²) < 4.78 is 13.2. The molecule has 0 spiro atoms.